The first-order valence-corrected chi connectivity index (χ1v) is 11.5. The predicted molar refractivity (Wildman–Crippen MR) is 117 cm³/mol. The van der Waals surface area contributed by atoms with Crippen molar-refractivity contribution in [3.63, 3.8) is 0 Å². The van der Waals surface area contributed by atoms with Gasteiger partial charge in [-0.1, -0.05) is 35.4 Å². The summed E-state index contributed by atoms with van der Waals surface area (Å²) in [7, 11) is -3.70. The van der Waals surface area contributed by atoms with Crippen LogP contribution in [0.3, 0.4) is 0 Å². The quantitative estimate of drug-likeness (QED) is 0.681. The molecule has 1 amide bonds. The fourth-order valence-electron chi connectivity index (χ4n) is 2.79. The lowest BCUT2D eigenvalue weighted by atomic mass is 10.2. The summed E-state index contributed by atoms with van der Waals surface area (Å²) >= 11 is 6.15. The van der Waals surface area contributed by atoms with Gasteiger partial charge in [-0.05, 0) is 57.5 Å². The zero-order valence-corrected chi connectivity index (χ0v) is 18.8. The van der Waals surface area contributed by atoms with E-state index < -0.39 is 22.0 Å². The predicted octanol–water partition coefficient (Wildman–Crippen LogP) is 3.70. The van der Waals surface area contributed by atoms with Gasteiger partial charge in [-0.2, -0.15) is 0 Å². The number of nitrogens with one attached hydrogen (secondary N) is 1. The molecule has 0 radical (unpaired) electrons. The molecule has 0 saturated heterocycles. The van der Waals surface area contributed by atoms with Crippen molar-refractivity contribution < 1.29 is 17.9 Å². The van der Waals surface area contributed by atoms with E-state index in [0.717, 1.165) is 21.7 Å². The van der Waals surface area contributed by atoms with Crippen LogP contribution in [0.15, 0.2) is 42.5 Å². The van der Waals surface area contributed by atoms with E-state index in [1.807, 2.05) is 38.1 Å². The third-order valence-electron chi connectivity index (χ3n) is 4.41. The van der Waals surface area contributed by atoms with Crippen LogP contribution < -0.4 is 14.4 Å². The van der Waals surface area contributed by atoms with Gasteiger partial charge in [-0.3, -0.25) is 9.10 Å². The topological polar surface area (TPSA) is 75.7 Å². The summed E-state index contributed by atoms with van der Waals surface area (Å²) in [5.74, 6) is 0.281. The number of benzene rings is 2. The van der Waals surface area contributed by atoms with Crippen LogP contribution in [0.4, 0.5) is 5.69 Å². The van der Waals surface area contributed by atoms with Gasteiger partial charge in [0.1, 0.15) is 18.4 Å². The smallest absolute Gasteiger partial charge is 0.243 e. The van der Waals surface area contributed by atoms with E-state index >= 15 is 0 Å². The molecule has 0 heterocycles. The standard InChI is InChI=1S/C21H27ClN2O4S/c1-14-6-10-19(11-7-14)28-13-16(3)23-21(25)17(4)24(29(5,26)27)18-9-8-15(2)20(22)12-18/h6-12,16-17H,13H2,1-5H3,(H,23,25)/t16-,17+/m1/s1. The molecule has 0 saturated carbocycles. The Morgan fingerprint density at radius 3 is 2.31 bits per heavy atom. The van der Waals surface area contributed by atoms with Crippen molar-refractivity contribution in [2.45, 2.75) is 39.8 Å². The number of rotatable bonds is 8. The highest BCUT2D eigenvalue weighted by Crippen LogP contribution is 2.26. The number of carbonyl (C=O) groups excluding carboxylic acids is 1. The van der Waals surface area contributed by atoms with Gasteiger partial charge in [-0.25, -0.2) is 8.42 Å². The number of hydrogen-bond acceptors (Lipinski definition) is 4. The third kappa shape index (κ3) is 6.37. The van der Waals surface area contributed by atoms with Crippen LogP contribution in [0.2, 0.25) is 5.02 Å². The minimum absolute atomic E-state index is 0.261. The largest absolute Gasteiger partial charge is 0.491 e. The monoisotopic (exact) mass is 438 g/mol. The Morgan fingerprint density at radius 2 is 1.76 bits per heavy atom. The number of aryl methyl sites for hydroxylation is 2. The van der Waals surface area contributed by atoms with E-state index in [1.54, 1.807) is 25.1 Å². The van der Waals surface area contributed by atoms with Crippen molar-refractivity contribution in [1.82, 2.24) is 5.32 Å². The molecular weight excluding hydrogens is 412 g/mol. The second-order valence-electron chi connectivity index (χ2n) is 7.20. The average Bonchev–Trinajstić information content (AvgIpc) is 2.63. The molecule has 0 aliphatic carbocycles. The highest BCUT2D eigenvalue weighted by atomic mass is 35.5. The summed E-state index contributed by atoms with van der Waals surface area (Å²) in [4.78, 5) is 12.7. The van der Waals surface area contributed by atoms with Crippen LogP contribution in [-0.4, -0.2) is 39.3 Å². The van der Waals surface area contributed by atoms with Crippen LogP contribution in [0, 0.1) is 13.8 Å². The van der Waals surface area contributed by atoms with E-state index in [4.69, 9.17) is 16.3 Å². The van der Waals surface area contributed by atoms with E-state index in [-0.39, 0.29) is 12.6 Å². The lowest BCUT2D eigenvalue weighted by Crippen LogP contribution is -2.50. The minimum atomic E-state index is -3.70. The average molecular weight is 439 g/mol. The normalized spacial score (nSPS) is 13.4. The van der Waals surface area contributed by atoms with Gasteiger partial charge in [0.05, 0.1) is 18.0 Å². The van der Waals surface area contributed by atoms with Crippen molar-refractivity contribution in [1.29, 1.82) is 0 Å². The van der Waals surface area contributed by atoms with Crippen LogP contribution in [0.1, 0.15) is 25.0 Å². The Labute approximate surface area is 177 Å². The van der Waals surface area contributed by atoms with Crippen molar-refractivity contribution in [2.24, 2.45) is 0 Å². The molecule has 29 heavy (non-hydrogen) atoms. The van der Waals surface area contributed by atoms with Gasteiger partial charge in [0.25, 0.3) is 0 Å². The SMILES string of the molecule is Cc1ccc(OC[C@@H](C)NC(=O)[C@H](C)N(c2ccc(C)c(Cl)c2)S(C)(=O)=O)cc1. The summed E-state index contributed by atoms with van der Waals surface area (Å²) in [6, 6.07) is 11.2. The Morgan fingerprint density at radius 1 is 1.14 bits per heavy atom. The molecule has 0 unspecified atom stereocenters. The molecule has 6 nitrogen and oxygen atoms in total. The number of sulfonamides is 1. The van der Waals surface area contributed by atoms with E-state index in [2.05, 4.69) is 5.32 Å². The van der Waals surface area contributed by atoms with Gasteiger partial charge in [0, 0.05) is 5.02 Å². The Hall–Kier alpha value is -2.25. The Kier molecular flexibility index (Phi) is 7.54. The first kappa shape index (κ1) is 23.0. The number of anilines is 1. The fraction of sp³-hybridized carbons (Fsp3) is 0.381. The van der Waals surface area contributed by atoms with Gasteiger partial charge < -0.3 is 10.1 Å². The second-order valence-corrected chi connectivity index (χ2v) is 9.47. The van der Waals surface area contributed by atoms with Crippen LogP contribution in [0.25, 0.3) is 0 Å². The zero-order valence-electron chi connectivity index (χ0n) is 17.3. The van der Waals surface area contributed by atoms with Crippen molar-refractivity contribution in [2.75, 3.05) is 17.2 Å². The molecule has 0 bridgehead atoms. The molecule has 1 N–H and O–H groups in total. The van der Waals surface area contributed by atoms with E-state index in [9.17, 15) is 13.2 Å². The lowest BCUT2D eigenvalue weighted by Gasteiger charge is -2.29. The maximum absolute atomic E-state index is 12.7. The summed E-state index contributed by atoms with van der Waals surface area (Å²) in [5.41, 5.74) is 2.29. The zero-order chi connectivity index (χ0) is 21.8. The molecule has 2 aromatic carbocycles. The number of ether oxygens (including phenoxy) is 1. The third-order valence-corrected chi connectivity index (χ3v) is 6.06. The molecule has 8 heteroatoms. The summed E-state index contributed by atoms with van der Waals surface area (Å²) in [6.07, 6.45) is 1.06. The first-order chi connectivity index (χ1) is 13.5. The number of hydrogen-bond donors (Lipinski definition) is 1. The molecule has 0 fully saturated rings. The van der Waals surface area contributed by atoms with Crippen molar-refractivity contribution in [3.8, 4) is 5.75 Å². The van der Waals surface area contributed by atoms with E-state index in [1.165, 1.54) is 6.92 Å². The lowest BCUT2D eigenvalue weighted by molar-refractivity contribution is -0.122. The molecule has 0 aliphatic heterocycles. The number of carbonyl (C=O) groups is 1. The summed E-state index contributed by atoms with van der Waals surface area (Å²) < 4.78 is 31.5. The Bertz CT molecular complexity index is 961. The maximum atomic E-state index is 12.7. The highest BCUT2D eigenvalue weighted by molar-refractivity contribution is 7.92. The van der Waals surface area contributed by atoms with Crippen molar-refractivity contribution >= 4 is 33.2 Å². The van der Waals surface area contributed by atoms with Gasteiger partial charge >= 0.3 is 0 Å². The van der Waals surface area contributed by atoms with Crippen LogP contribution in [-0.2, 0) is 14.8 Å². The van der Waals surface area contributed by atoms with Crippen LogP contribution >= 0.6 is 11.6 Å². The van der Waals surface area contributed by atoms with Gasteiger partial charge in [0.2, 0.25) is 15.9 Å². The molecule has 0 aliphatic rings. The van der Waals surface area contributed by atoms with Gasteiger partial charge in [-0.15, -0.1) is 0 Å². The molecule has 2 rings (SSSR count). The van der Waals surface area contributed by atoms with Gasteiger partial charge in [0.15, 0.2) is 0 Å². The molecular formula is C21H27ClN2O4S. The molecule has 0 spiro atoms. The highest BCUT2D eigenvalue weighted by Gasteiger charge is 2.30. The summed E-state index contributed by atoms with van der Waals surface area (Å²) in [6.45, 7) is 7.41. The van der Waals surface area contributed by atoms with Crippen LogP contribution in [0.5, 0.6) is 5.75 Å². The second kappa shape index (κ2) is 9.50. The number of halogens is 1. The number of amides is 1. The van der Waals surface area contributed by atoms with E-state index in [0.29, 0.717) is 16.5 Å². The maximum Gasteiger partial charge on any atom is 0.243 e. The van der Waals surface area contributed by atoms with Crippen molar-refractivity contribution in [3.05, 3.63) is 58.6 Å². The molecule has 2 aromatic rings. The minimum Gasteiger partial charge on any atom is -0.491 e. The number of nitrogens with zero attached hydrogens (tertiary/aromatic N) is 1. The summed E-state index contributed by atoms with van der Waals surface area (Å²) in [5, 5.41) is 3.24. The first-order valence-electron chi connectivity index (χ1n) is 9.24. The molecule has 2 atom stereocenters. The fourth-order valence-corrected chi connectivity index (χ4v) is 4.13. The molecule has 158 valence electrons. The molecule has 0 aromatic heterocycles. The Balaban J connectivity index is 2.08.